The van der Waals surface area contributed by atoms with Crippen molar-refractivity contribution in [1.29, 1.82) is 0 Å². The Labute approximate surface area is 105 Å². The van der Waals surface area contributed by atoms with Gasteiger partial charge in [-0.25, -0.2) is 4.98 Å². The highest BCUT2D eigenvalue weighted by molar-refractivity contribution is 7.15. The largest absolute Gasteiger partial charge is 0.375 e. The van der Waals surface area contributed by atoms with Gasteiger partial charge in [0.1, 0.15) is 0 Å². The molecule has 4 nitrogen and oxygen atoms in total. The maximum absolute atomic E-state index is 5.68. The Balaban J connectivity index is 1.43. The number of rotatable bonds is 5. The molecule has 0 bridgehead atoms. The smallest absolute Gasteiger partial charge is 0.193 e. The minimum absolute atomic E-state index is 0.633. The molecule has 1 unspecified atom stereocenters. The zero-order valence-electron chi connectivity index (χ0n) is 9.76. The monoisotopic (exact) mass is 251 g/mol. The van der Waals surface area contributed by atoms with E-state index in [9.17, 15) is 0 Å². The molecule has 17 heavy (non-hydrogen) atoms. The molecule has 1 atom stereocenters. The Kier molecular flexibility index (Phi) is 3.40. The quantitative estimate of drug-likeness (QED) is 0.825. The number of aromatic nitrogens is 2. The molecule has 0 radical (unpaired) electrons. The molecule has 0 saturated carbocycles. The molecule has 3 rings (SSSR count). The van der Waals surface area contributed by atoms with Crippen molar-refractivity contribution in [2.45, 2.75) is 19.4 Å². The van der Waals surface area contributed by atoms with Crippen LogP contribution < -0.4 is 5.32 Å². The fourth-order valence-electron chi connectivity index (χ4n) is 2.23. The lowest BCUT2D eigenvalue weighted by Crippen LogP contribution is -2.10. The number of imidazole rings is 1. The van der Waals surface area contributed by atoms with Gasteiger partial charge in [0.15, 0.2) is 4.96 Å². The Hall–Kier alpha value is -0.910. The minimum Gasteiger partial charge on any atom is -0.375 e. The molecular weight excluding hydrogens is 234 g/mol. The highest BCUT2D eigenvalue weighted by Gasteiger charge is 2.13. The molecule has 92 valence electrons. The first-order chi connectivity index (χ1) is 8.42. The fraction of sp³-hybridized carbons (Fsp3) is 0.583. The van der Waals surface area contributed by atoms with Crippen LogP contribution in [-0.2, 0) is 11.3 Å². The van der Waals surface area contributed by atoms with Crippen LogP contribution >= 0.6 is 11.3 Å². The zero-order valence-corrected chi connectivity index (χ0v) is 10.6. The molecule has 5 heteroatoms. The zero-order chi connectivity index (χ0) is 11.5. The Bertz CT molecular complexity index is 444. The van der Waals surface area contributed by atoms with E-state index in [4.69, 9.17) is 4.74 Å². The third kappa shape index (κ3) is 2.68. The lowest BCUT2D eigenvalue weighted by atomic mass is 10.1. The SMILES string of the molecule is c1cn2cc(COCCC3CCNC3)nc2s1. The van der Waals surface area contributed by atoms with Gasteiger partial charge in [-0.1, -0.05) is 0 Å². The molecule has 1 N–H and O–H groups in total. The fourth-order valence-corrected chi connectivity index (χ4v) is 2.95. The predicted molar refractivity (Wildman–Crippen MR) is 68.3 cm³/mol. The first-order valence-electron chi connectivity index (χ1n) is 6.11. The van der Waals surface area contributed by atoms with E-state index in [1.807, 2.05) is 22.2 Å². The summed E-state index contributed by atoms with van der Waals surface area (Å²) in [4.78, 5) is 5.53. The van der Waals surface area contributed by atoms with Crippen molar-refractivity contribution in [2.75, 3.05) is 19.7 Å². The maximum Gasteiger partial charge on any atom is 0.193 e. The lowest BCUT2D eigenvalue weighted by molar-refractivity contribution is 0.107. The third-order valence-corrected chi connectivity index (χ3v) is 4.00. The number of thiazole rings is 1. The summed E-state index contributed by atoms with van der Waals surface area (Å²) in [5, 5.41) is 5.42. The molecule has 3 heterocycles. The average Bonchev–Trinajstić information content (AvgIpc) is 3.00. The van der Waals surface area contributed by atoms with Crippen LogP contribution in [0, 0.1) is 5.92 Å². The molecule has 0 amide bonds. The van der Waals surface area contributed by atoms with Crippen molar-refractivity contribution < 1.29 is 4.74 Å². The number of nitrogens with zero attached hydrogens (tertiary/aromatic N) is 2. The van der Waals surface area contributed by atoms with Gasteiger partial charge in [0.2, 0.25) is 0 Å². The molecule has 2 aromatic heterocycles. The summed E-state index contributed by atoms with van der Waals surface area (Å²) >= 11 is 1.66. The summed E-state index contributed by atoms with van der Waals surface area (Å²) < 4.78 is 7.73. The second-order valence-electron chi connectivity index (χ2n) is 4.53. The molecule has 0 aliphatic carbocycles. The van der Waals surface area contributed by atoms with Gasteiger partial charge >= 0.3 is 0 Å². The van der Waals surface area contributed by atoms with E-state index in [0.717, 1.165) is 36.1 Å². The van der Waals surface area contributed by atoms with Gasteiger partial charge in [0.05, 0.1) is 12.3 Å². The van der Waals surface area contributed by atoms with Crippen LogP contribution in [0.2, 0.25) is 0 Å². The standard InChI is InChI=1S/C12H17N3OS/c1-3-13-7-10(1)2-5-16-9-11-8-15-4-6-17-12(15)14-11/h4,6,8,10,13H,1-3,5,7,9H2. The molecular formula is C12H17N3OS. The van der Waals surface area contributed by atoms with Crippen molar-refractivity contribution in [1.82, 2.24) is 14.7 Å². The second-order valence-corrected chi connectivity index (χ2v) is 5.40. The van der Waals surface area contributed by atoms with E-state index >= 15 is 0 Å². The molecule has 0 aromatic carbocycles. The van der Waals surface area contributed by atoms with Crippen molar-refractivity contribution in [3.05, 3.63) is 23.5 Å². The number of ether oxygens (including phenoxy) is 1. The van der Waals surface area contributed by atoms with Gasteiger partial charge in [-0.15, -0.1) is 11.3 Å². The van der Waals surface area contributed by atoms with Gasteiger partial charge in [-0.2, -0.15) is 0 Å². The van der Waals surface area contributed by atoms with Gasteiger partial charge in [0, 0.05) is 24.4 Å². The van der Waals surface area contributed by atoms with Crippen LogP contribution in [0.15, 0.2) is 17.8 Å². The van der Waals surface area contributed by atoms with Crippen molar-refractivity contribution in [3.8, 4) is 0 Å². The summed E-state index contributed by atoms with van der Waals surface area (Å²) in [6.07, 6.45) is 6.53. The molecule has 1 aliphatic heterocycles. The summed E-state index contributed by atoms with van der Waals surface area (Å²) in [6.45, 7) is 3.80. The topological polar surface area (TPSA) is 38.6 Å². The van der Waals surface area contributed by atoms with Crippen LogP contribution in [0.25, 0.3) is 4.96 Å². The molecule has 1 fully saturated rings. The first-order valence-corrected chi connectivity index (χ1v) is 6.99. The van der Waals surface area contributed by atoms with Crippen molar-refractivity contribution >= 4 is 16.3 Å². The Morgan fingerprint density at radius 1 is 1.59 bits per heavy atom. The summed E-state index contributed by atoms with van der Waals surface area (Å²) in [7, 11) is 0. The van der Waals surface area contributed by atoms with Gasteiger partial charge in [-0.3, -0.25) is 4.40 Å². The summed E-state index contributed by atoms with van der Waals surface area (Å²) in [6, 6.07) is 0. The second kappa shape index (κ2) is 5.16. The van der Waals surface area contributed by atoms with E-state index < -0.39 is 0 Å². The average molecular weight is 251 g/mol. The van der Waals surface area contributed by atoms with E-state index in [2.05, 4.69) is 10.3 Å². The van der Waals surface area contributed by atoms with E-state index in [0.29, 0.717) is 6.61 Å². The number of fused-ring (bicyclic) bond motifs is 1. The first kappa shape index (κ1) is 11.2. The van der Waals surface area contributed by atoms with Gasteiger partial charge < -0.3 is 10.1 Å². The number of hydrogen-bond donors (Lipinski definition) is 1. The van der Waals surface area contributed by atoms with Crippen LogP contribution in [-0.4, -0.2) is 29.1 Å². The maximum atomic E-state index is 5.68. The Morgan fingerprint density at radius 2 is 2.59 bits per heavy atom. The summed E-state index contributed by atoms with van der Waals surface area (Å²) in [5.74, 6) is 0.806. The van der Waals surface area contributed by atoms with Gasteiger partial charge in [0.25, 0.3) is 0 Å². The highest BCUT2D eigenvalue weighted by atomic mass is 32.1. The Morgan fingerprint density at radius 3 is 3.41 bits per heavy atom. The molecule has 1 saturated heterocycles. The van der Waals surface area contributed by atoms with E-state index in [1.54, 1.807) is 11.3 Å². The molecule has 1 aliphatic rings. The number of hydrogen-bond acceptors (Lipinski definition) is 4. The highest BCUT2D eigenvalue weighted by Crippen LogP contribution is 2.14. The van der Waals surface area contributed by atoms with Gasteiger partial charge in [-0.05, 0) is 31.8 Å². The lowest BCUT2D eigenvalue weighted by Gasteiger charge is -2.07. The van der Waals surface area contributed by atoms with Crippen LogP contribution in [0.1, 0.15) is 18.5 Å². The molecule has 2 aromatic rings. The minimum atomic E-state index is 0.633. The van der Waals surface area contributed by atoms with Crippen LogP contribution in [0.5, 0.6) is 0 Å². The van der Waals surface area contributed by atoms with Crippen molar-refractivity contribution in [2.24, 2.45) is 5.92 Å². The van der Waals surface area contributed by atoms with Crippen LogP contribution in [0.3, 0.4) is 0 Å². The number of nitrogens with one attached hydrogen (secondary N) is 1. The summed E-state index contributed by atoms with van der Waals surface area (Å²) in [5.41, 5.74) is 1.03. The normalized spacial score (nSPS) is 20.4. The van der Waals surface area contributed by atoms with E-state index in [-0.39, 0.29) is 0 Å². The predicted octanol–water partition coefficient (Wildman–Crippen LogP) is 1.91. The molecule has 0 spiro atoms. The van der Waals surface area contributed by atoms with Crippen molar-refractivity contribution in [3.63, 3.8) is 0 Å². The third-order valence-electron chi connectivity index (χ3n) is 3.23. The van der Waals surface area contributed by atoms with Crippen LogP contribution in [0.4, 0.5) is 0 Å². The van der Waals surface area contributed by atoms with E-state index in [1.165, 1.54) is 13.0 Å².